The molecule has 0 aromatic carbocycles. The van der Waals surface area contributed by atoms with Crippen molar-refractivity contribution >= 4 is 8.32 Å². The Morgan fingerprint density at radius 3 is 2.00 bits per heavy atom. The van der Waals surface area contributed by atoms with Gasteiger partial charge < -0.3 is 9.53 Å². The van der Waals surface area contributed by atoms with Crippen LogP contribution >= 0.6 is 0 Å². The quantitative estimate of drug-likeness (QED) is 0.280. The molecule has 0 radical (unpaired) electrons. The average Bonchev–Trinajstić information content (AvgIpc) is 3.15. The van der Waals surface area contributed by atoms with E-state index in [9.17, 15) is 5.11 Å². The van der Waals surface area contributed by atoms with Gasteiger partial charge in [0.25, 0.3) is 0 Å². The molecule has 1 fully saturated rings. The summed E-state index contributed by atoms with van der Waals surface area (Å²) in [5.41, 5.74) is 1.61. The zero-order valence-corrected chi connectivity index (χ0v) is 19.6. The first-order valence-electron chi connectivity index (χ1n) is 10.3. The maximum atomic E-state index is 10.4. The van der Waals surface area contributed by atoms with Gasteiger partial charge in [0, 0.05) is 17.4 Å². The average molecular weight is 379 g/mol. The lowest BCUT2D eigenvalue weighted by Crippen LogP contribution is -2.48. The normalized spacial score (nSPS) is 25.3. The van der Waals surface area contributed by atoms with E-state index in [0.717, 1.165) is 13.0 Å². The van der Waals surface area contributed by atoms with Crippen LogP contribution < -0.4 is 0 Å². The van der Waals surface area contributed by atoms with Crippen LogP contribution in [0, 0.1) is 29.1 Å². The van der Waals surface area contributed by atoms with Gasteiger partial charge in [-0.25, -0.2) is 0 Å². The number of terminal acetylenes is 1. The van der Waals surface area contributed by atoms with E-state index in [1.54, 1.807) is 0 Å². The summed E-state index contributed by atoms with van der Waals surface area (Å²) >= 11 is 0. The van der Waals surface area contributed by atoms with Crippen molar-refractivity contribution in [1.29, 1.82) is 0 Å². The number of aliphatic hydroxyl groups is 1. The fourth-order valence-corrected chi connectivity index (χ4v) is 10.2. The Morgan fingerprint density at radius 2 is 1.65 bits per heavy atom. The minimum Gasteiger partial charge on any atom is -0.415 e. The predicted octanol–water partition coefficient (Wildman–Crippen LogP) is 6.17. The molecule has 0 aromatic heterocycles. The van der Waals surface area contributed by atoms with Crippen LogP contribution in [-0.4, -0.2) is 26.1 Å². The summed E-state index contributed by atoms with van der Waals surface area (Å²) < 4.78 is 6.84. The van der Waals surface area contributed by atoms with Gasteiger partial charge in [0.15, 0.2) is 8.32 Å². The summed E-state index contributed by atoms with van der Waals surface area (Å²) in [5, 5.41) is 10.4. The molecule has 26 heavy (non-hydrogen) atoms. The van der Waals surface area contributed by atoms with E-state index in [-0.39, 0.29) is 10.8 Å². The first-order chi connectivity index (χ1) is 11.8. The zero-order valence-electron chi connectivity index (χ0n) is 18.6. The highest BCUT2D eigenvalue weighted by molar-refractivity contribution is 6.77. The van der Waals surface area contributed by atoms with Crippen LogP contribution in [0.15, 0.2) is 12.2 Å². The molecule has 0 unspecified atom stereocenters. The first kappa shape index (κ1) is 23.5. The lowest BCUT2D eigenvalue weighted by atomic mass is 9.87. The van der Waals surface area contributed by atoms with Crippen molar-refractivity contribution in [3.63, 3.8) is 0 Å². The molecule has 1 N–H and O–H groups in total. The number of aliphatic hydroxyl groups excluding tert-OH is 1. The summed E-state index contributed by atoms with van der Waals surface area (Å²) in [5.74, 6) is 3.38. The van der Waals surface area contributed by atoms with Crippen molar-refractivity contribution in [3.05, 3.63) is 12.2 Å². The van der Waals surface area contributed by atoms with Crippen molar-refractivity contribution in [2.75, 3.05) is 6.61 Å². The van der Waals surface area contributed by atoms with Gasteiger partial charge in [0.1, 0.15) is 0 Å². The Balaban J connectivity index is 2.86. The van der Waals surface area contributed by atoms with E-state index in [4.69, 9.17) is 10.8 Å². The smallest absolute Gasteiger partial charge is 0.200 e. The van der Waals surface area contributed by atoms with Crippen LogP contribution in [-0.2, 0) is 4.43 Å². The van der Waals surface area contributed by atoms with Crippen LogP contribution in [0.4, 0.5) is 0 Å². The second-order valence-corrected chi connectivity index (χ2v) is 15.6. The summed E-state index contributed by atoms with van der Waals surface area (Å²) in [6.07, 6.45) is 11.0. The lowest BCUT2D eigenvalue weighted by molar-refractivity contribution is 0.174. The molecule has 2 nitrogen and oxygen atoms in total. The molecule has 150 valence electrons. The van der Waals surface area contributed by atoms with Crippen molar-refractivity contribution < 1.29 is 9.53 Å². The molecule has 1 rings (SSSR count). The predicted molar refractivity (Wildman–Crippen MR) is 116 cm³/mol. The van der Waals surface area contributed by atoms with Crippen LogP contribution in [0.2, 0.25) is 16.6 Å². The summed E-state index contributed by atoms with van der Waals surface area (Å²) in [4.78, 5) is 0. The molecule has 0 aromatic rings. The fraction of sp³-hybridized carbons (Fsp3) is 0.826. The van der Waals surface area contributed by atoms with Crippen LogP contribution in [0.1, 0.15) is 75.2 Å². The van der Waals surface area contributed by atoms with E-state index >= 15 is 0 Å². The van der Waals surface area contributed by atoms with Crippen molar-refractivity contribution in [1.82, 2.24) is 0 Å². The van der Waals surface area contributed by atoms with Gasteiger partial charge in [-0.3, -0.25) is 0 Å². The topological polar surface area (TPSA) is 29.5 Å². The van der Waals surface area contributed by atoms with Gasteiger partial charge >= 0.3 is 0 Å². The van der Waals surface area contributed by atoms with Crippen molar-refractivity contribution in [2.24, 2.45) is 16.7 Å². The second-order valence-electron chi connectivity index (χ2n) is 10.1. The summed E-state index contributed by atoms with van der Waals surface area (Å²) in [6, 6.07) is 0. The highest BCUT2D eigenvalue weighted by atomic mass is 28.4. The number of hydrogen-bond acceptors (Lipinski definition) is 2. The Labute approximate surface area is 163 Å². The third kappa shape index (κ3) is 5.24. The Bertz CT molecular complexity index is 505. The van der Waals surface area contributed by atoms with Crippen LogP contribution in [0.25, 0.3) is 0 Å². The van der Waals surface area contributed by atoms with E-state index in [0.29, 0.717) is 29.0 Å². The minimum absolute atomic E-state index is 0.0954. The van der Waals surface area contributed by atoms with Gasteiger partial charge in [-0.1, -0.05) is 60.6 Å². The monoisotopic (exact) mass is 378 g/mol. The first-order valence-corrected chi connectivity index (χ1v) is 12.5. The molecule has 0 saturated heterocycles. The van der Waals surface area contributed by atoms with E-state index in [1.807, 2.05) is 19.9 Å². The SMILES string of the molecule is C#CC(C)(C)C[C@@H](O)/C=C/[C@@]1(CO[Si](C(C)C)(C(C)C)C(C)C)C[C@H]1C. The summed E-state index contributed by atoms with van der Waals surface area (Å²) in [7, 11) is -1.85. The van der Waals surface area contributed by atoms with Crippen LogP contribution in [0.5, 0.6) is 0 Å². The molecule has 0 amide bonds. The minimum atomic E-state index is -1.85. The van der Waals surface area contributed by atoms with Gasteiger partial charge in [-0.2, -0.15) is 0 Å². The molecule has 1 aliphatic carbocycles. The van der Waals surface area contributed by atoms with Gasteiger partial charge in [-0.15, -0.1) is 12.3 Å². The summed E-state index contributed by atoms with van der Waals surface area (Å²) in [6.45, 7) is 21.0. The van der Waals surface area contributed by atoms with E-state index in [1.165, 1.54) is 0 Å². The molecule has 3 atom stereocenters. The van der Waals surface area contributed by atoms with E-state index < -0.39 is 14.4 Å². The highest BCUT2D eigenvalue weighted by Crippen LogP contribution is 2.55. The Kier molecular flexibility index (Phi) is 7.79. The van der Waals surface area contributed by atoms with Gasteiger partial charge in [-0.05, 0) is 49.2 Å². The van der Waals surface area contributed by atoms with Gasteiger partial charge in [0.2, 0.25) is 0 Å². The highest BCUT2D eigenvalue weighted by Gasteiger charge is 2.53. The molecule has 0 spiro atoms. The molecule has 3 heteroatoms. The third-order valence-electron chi connectivity index (χ3n) is 6.57. The number of hydrogen-bond donors (Lipinski definition) is 1. The third-order valence-corrected chi connectivity index (χ3v) is 12.6. The van der Waals surface area contributed by atoms with Gasteiger partial charge in [0.05, 0.1) is 6.10 Å². The molecule has 0 aliphatic heterocycles. The standard InChI is InChI=1S/C23H42O2Si/c1-11-22(9,10)15-21(24)12-13-23(14-20(23)8)16-25-26(17(2)3,18(4)5)19(6)7/h1,12-13,17-21,24H,14-16H2,2-10H3/b13-12+/t20-,21+,23+/m1/s1. The maximum absolute atomic E-state index is 10.4. The van der Waals surface area contributed by atoms with Crippen LogP contribution in [0.3, 0.4) is 0 Å². The van der Waals surface area contributed by atoms with Crippen molar-refractivity contribution in [3.8, 4) is 12.3 Å². The maximum Gasteiger partial charge on any atom is 0.200 e. The lowest BCUT2D eigenvalue weighted by Gasteiger charge is -2.43. The molecule has 1 aliphatic rings. The molecular weight excluding hydrogens is 336 g/mol. The van der Waals surface area contributed by atoms with Crippen molar-refractivity contribution in [2.45, 2.75) is 97.9 Å². The molecule has 1 saturated carbocycles. The molecule has 0 heterocycles. The molecular formula is C23H42O2Si. The van der Waals surface area contributed by atoms with E-state index in [2.05, 4.69) is 60.5 Å². The Morgan fingerprint density at radius 1 is 1.19 bits per heavy atom. The molecule has 0 bridgehead atoms. The number of rotatable bonds is 10. The largest absolute Gasteiger partial charge is 0.415 e. The second kappa shape index (κ2) is 8.63. The Hall–Kier alpha value is -0.563. The zero-order chi connectivity index (χ0) is 20.3. The fourth-order valence-electron chi connectivity index (χ4n) is 4.70.